The summed E-state index contributed by atoms with van der Waals surface area (Å²) in [6.45, 7) is 6.05. The van der Waals surface area contributed by atoms with Crippen molar-refractivity contribution in [2.24, 2.45) is 5.41 Å². The van der Waals surface area contributed by atoms with Gasteiger partial charge in [-0.05, 0) is 20.3 Å². The summed E-state index contributed by atoms with van der Waals surface area (Å²) in [5, 5.41) is 0.847. The molecular formula is C12H19N3O3S. The Labute approximate surface area is 116 Å². The van der Waals surface area contributed by atoms with E-state index in [9.17, 15) is 4.79 Å². The number of hydrogen-bond acceptors (Lipinski definition) is 7. The van der Waals surface area contributed by atoms with Crippen molar-refractivity contribution in [3.8, 4) is 0 Å². The van der Waals surface area contributed by atoms with Crippen LogP contribution in [0.4, 0.5) is 5.13 Å². The van der Waals surface area contributed by atoms with Gasteiger partial charge in [0.25, 0.3) is 0 Å². The van der Waals surface area contributed by atoms with Crippen LogP contribution in [-0.4, -0.2) is 42.1 Å². The lowest BCUT2D eigenvalue weighted by molar-refractivity contribution is -0.153. The molecule has 1 atom stereocenters. The maximum absolute atomic E-state index is 12.0. The van der Waals surface area contributed by atoms with Crippen molar-refractivity contribution in [3.63, 3.8) is 0 Å². The Balaban J connectivity index is 2.02. The van der Waals surface area contributed by atoms with Crippen LogP contribution in [0.15, 0.2) is 0 Å². The number of anilines is 1. The second kappa shape index (κ2) is 5.83. The summed E-state index contributed by atoms with van der Waals surface area (Å²) in [4.78, 5) is 18.5. The van der Waals surface area contributed by atoms with Gasteiger partial charge in [0.15, 0.2) is 5.82 Å². The molecule has 1 aromatic heterocycles. The molecule has 7 heteroatoms. The lowest BCUT2D eigenvalue weighted by Crippen LogP contribution is -2.33. The van der Waals surface area contributed by atoms with Gasteiger partial charge in [-0.15, -0.1) is 0 Å². The third-order valence-electron chi connectivity index (χ3n) is 3.24. The first-order chi connectivity index (χ1) is 9.09. The number of aromatic nitrogens is 2. The fourth-order valence-electron chi connectivity index (χ4n) is 2.16. The number of hydrogen-bond donors (Lipinski definition) is 0. The van der Waals surface area contributed by atoms with Gasteiger partial charge in [0, 0.05) is 31.7 Å². The lowest BCUT2D eigenvalue weighted by Gasteiger charge is -2.21. The van der Waals surface area contributed by atoms with Gasteiger partial charge < -0.3 is 14.4 Å². The molecule has 2 rings (SSSR count). The first-order valence-electron chi connectivity index (χ1n) is 6.33. The zero-order valence-electron chi connectivity index (χ0n) is 11.5. The van der Waals surface area contributed by atoms with Gasteiger partial charge in [0.1, 0.15) is 6.61 Å². The minimum absolute atomic E-state index is 0.126. The van der Waals surface area contributed by atoms with Crippen molar-refractivity contribution in [1.82, 2.24) is 9.36 Å². The van der Waals surface area contributed by atoms with E-state index >= 15 is 0 Å². The van der Waals surface area contributed by atoms with E-state index in [0.29, 0.717) is 25.6 Å². The number of carbonyl (C=O) groups is 1. The molecule has 1 unspecified atom stereocenters. The zero-order chi connectivity index (χ0) is 13.9. The van der Waals surface area contributed by atoms with Gasteiger partial charge in [0.05, 0.1) is 12.0 Å². The van der Waals surface area contributed by atoms with E-state index in [1.165, 1.54) is 11.5 Å². The molecule has 0 amide bonds. The van der Waals surface area contributed by atoms with E-state index in [0.717, 1.165) is 18.1 Å². The fourth-order valence-corrected chi connectivity index (χ4v) is 2.86. The van der Waals surface area contributed by atoms with E-state index in [2.05, 4.69) is 14.3 Å². The Bertz CT molecular complexity index is 451. The van der Waals surface area contributed by atoms with Crippen molar-refractivity contribution in [1.29, 1.82) is 0 Å². The van der Waals surface area contributed by atoms with Crippen LogP contribution in [0.25, 0.3) is 0 Å². The number of esters is 1. The van der Waals surface area contributed by atoms with Crippen molar-refractivity contribution < 1.29 is 14.3 Å². The van der Waals surface area contributed by atoms with E-state index in [4.69, 9.17) is 9.47 Å². The minimum atomic E-state index is -0.441. The molecule has 1 aromatic rings. The predicted molar refractivity (Wildman–Crippen MR) is 72.2 cm³/mol. The van der Waals surface area contributed by atoms with E-state index in [1.54, 1.807) is 7.11 Å². The van der Waals surface area contributed by atoms with Crippen LogP contribution in [0, 0.1) is 5.41 Å². The average molecular weight is 285 g/mol. The van der Waals surface area contributed by atoms with Gasteiger partial charge in [-0.1, -0.05) is 0 Å². The highest BCUT2D eigenvalue weighted by molar-refractivity contribution is 7.09. The van der Waals surface area contributed by atoms with Crippen LogP contribution in [-0.2, 0) is 20.9 Å². The second-order valence-corrected chi connectivity index (χ2v) is 5.61. The Morgan fingerprint density at radius 3 is 3.05 bits per heavy atom. The van der Waals surface area contributed by atoms with Crippen LogP contribution in [0.5, 0.6) is 0 Å². The molecule has 106 valence electrons. The Morgan fingerprint density at radius 2 is 2.37 bits per heavy atom. The summed E-state index contributed by atoms with van der Waals surface area (Å²) >= 11 is 1.35. The van der Waals surface area contributed by atoms with Crippen molar-refractivity contribution in [2.75, 3.05) is 31.7 Å². The molecule has 6 nitrogen and oxygen atoms in total. The van der Waals surface area contributed by atoms with Crippen molar-refractivity contribution >= 4 is 22.6 Å². The molecule has 0 N–H and O–H groups in total. The summed E-state index contributed by atoms with van der Waals surface area (Å²) in [5.74, 6) is 0.561. The summed E-state index contributed by atoms with van der Waals surface area (Å²) in [7, 11) is 1.62. The molecule has 0 aromatic carbocycles. The maximum atomic E-state index is 12.0. The summed E-state index contributed by atoms with van der Waals surface area (Å²) in [6.07, 6.45) is 0.783. The van der Waals surface area contributed by atoms with Gasteiger partial charge in [-0.2, -0.15) is 4.37 Å². The zero-order valence-corrected chi connectivity index (χ0v) is 12.3. The van der Waals surface area contributed by atoms with Crippen LogP contribution < -0.4 is 4.90 Å². The largest absolute Gasteiger partial charge is 0.466 e. The monoisotopic (exact) mass is 285 g/mol. The van der Waals surface area contributed by atoms with Crippen molar-refractivity contribution in [2.45, 2.75) is 26.9 Å². The molecule has 1 aliphatic rings. The molecule has 0 spiro atoms. The fraction of sp³-hybridized carbons (Fsp3) is 0.750. The smallest absolute Gasteiger partial charge is 0.313 e. The molecule has 0 radical (unpaired) electrons. The molecule has 1 saturated heterocycles. The number of ether oxygens (including phenoxy) is 2. The quantitative estimate of drug-likeness (QED) is 0.763. The molecule has 0 bridgehead atoms. The van der Waals surface area contributed by atoms with Gasteiger partial charge >= 0.3 is 5.97 Å². The van der Waals surface area contributed by atoms with E-state index in [-0.39, 0.29) is 5.97 Å². The number of carbonyl (C=O) groups excluding carboxylic acids is 1. The minimum Gasteiger partial charge on any atom is -0.466 e. The standard InChI is InChI=1S/C12H19N3O3S/c1-4-18-10(16)12(2)5-6-15(8-12)11-13-9(7-17-3)14-19-11/h4-8H2,1-3H3. The van der Waals surface area contributed by atoms with Crippen LogP contribution in [0.2, 0.25) is 0 Å². The Morgan fingerprint density at radius 1 is 1.58 bits per heavy atom. The van der Waals surface area contributed by atoms with Crippen LogP contribution in [0.3, 0.4) is 0 Å². The lowest BCUT2D eigenvalue weighted by atomic mass is 9.90. The van der Waals surface area contributed by atoms with Crippen molar-refractivity contribution in [3.05, 3.63) is 5.82 Å². The molecule has 0 saturated carbocycles. The SMILES string of the molecule is CCOC(=O)C1(C)CCN(c2nc(COC)ns2)C1. The molecule has 2 heterocycles. The highest BCUT2D eigenvalue weighted by Crippen LogP contribution is 2.34. The highest BCUT2D eigenvalue weighted by Gasteiger charge is 2.42. The molecule has 1 aliphatic heterocycles. The number of rotatable bonds is 5. The highest BCUT2D eigenvalue weighted by atomic mass is 32.1. The van der Waals surface area contributed by atoms with Gasteiger partial charge in [0.2, 0.25) is 5.13 Å². The molecule has 0 aliphatic carbocycles. The van der Waals surface area contributed by atoms with Gasteiger partial charge in [-0.25, -0.2) is 4.98 Å². The van der Waals surface area contributed by atoms with E-state index < -0.39 is 5.41 Å². The van der Waals surface area contributed by atoms with Crippen LogP contribution >= 0.6 is 11.5 Å². The first-order valence-corrected chi connectivity index (χ1v) is 7.10. The third kappa shape index (κ3) is 3.03. The first kappa shape index (κ1) is 14.2. The maximum Gasteiger partial charge on any atom is 0.313 e. The Hall–Kier alpha value is -1.21. The average Bonchev–Trinajstić information content (AvgIpc) is 2.98. The molecule has 1 fully saturated rings. The number of nitrogens with zero attached hydrogens (tertiary/aromatic N) is 3. The summed E-state index contributed by atoms with van der Waals surface area (Å²) in [5.41, 5.74) is -0.441. The van der Waals surface area contributed by atoms with Gasteiger partial charge in [-0.3, -0.25) is 4.79 Å². The normalized spacial score (nSPS) is 22.8. The summed E-state index contributed by atoms with van der Waals surface area (Å²) in [6, 6.07) is 0. The third-order valence-corrected chi connectivity index (χ3v) is 4.06. The second-order valence-electron chi connectivity index (χ2n) is 4.88. The Kier molecular flexibility index (Phi) is 4.36. The molecular weight excluding hydrogens is 266 g/mol. The topological polar surface area (TPSA) is 64.5 Å². The molecule has 19 heavy (non-hydrogen) atoms. The summed E-state index contributed by atoms with van der Waals surface area (Å²) < 4.78 is 14.4. The van der Waals surface area contributed by atoms with E-state index in [1.807, 2.05) is 13.8 Å². The predicted octanol–water partition coefficient (Wildman–Crippen LogP) is 1.46. The van der Waals surface area contributed by atoms with Crippen LogP contribution in [0.1, 0.15) is 26.1 Å². The number of methoxy groups -OCH3 is 1.